The van der Waals surface area contributed by atoms with Crippen molar-refractivity contribution in [2.24, 2.45) is 17.3 Å². The maximum atomic E-state index is 13.4. The summed E-state index contributed by atoms with van der Waals surface area (Å²) in [6.45, 7) is 11.0. The van der Waals surface area contributed by atoms with Crippen LogP contribution in [-0.2, 0) is 19.1 Å². The Kier molecular flexibility index (Phi) is 9.42. The molecule has 3 rings (SSSR count). The number of carbonyl (C=O) groups excluding carboxylic acids is 2. The fraction of sp³-hybridized carbons (Fsp3) is 0.741. The predicted octanol–water partition coefficient (Wildman–Crippen LogP) is 5.04. The Labute approximate surface area is 223 Å². The summed E-state index contributed by atoms with van der Waals surface area (Å²) < 4.78 is 11.8. The van der Waals surface area contributed by atoms with Crippen molar-refractivity contribution in [2.75, 3.05) is 0 Å². The zero-order valence-corrected chi connectivity index (χ0v) is 23.7. The number of rotatable bonds is 3. The highest BCUT2D eigenvalue weighted by Gasteiger charge is 2.53. The van der Waals surface area contributed by atoms with Crippen LogP contribution >= 0.6 is 22.9 Å². The molecule has 3 heterocycles. The number of aliphatic hydroxyl groups excluding tert-OH is 2. The first-order valence-electron chi connectivity index (χ1n) is 12.9. The van der Waals surface area contributed by atoms with Crippen molar-refractivity contribution in [1.29, 1.82) is 0 Å². The third kappa shape index (κ3) is 6.76. The SMILES string of the molecule is CC[C@H]1C(=O)C(C)(C)[C@@H](O)CC(=O)O[C@H](C(Cl)=Cc2csc(C)n2)C[C@H]2O[C@@]2(C)CCC[C@H](C)[C@@H]1O. The number of ketones is 1. The normalized spacial score (nSPS) is 36.8. The summed E-state index contributed by atoms with van der Waals surface area (Å²) in [5.41, 5.74) is -0.902. The molecule has 2 fully saturated rings. The van der Waals surface area contributed by atoms with Crippen molar-refractivity contribution in [3.8, 4) is 0 Å². The first-order chi connectivity index (χ1) is 16.8. The van der Waals surface area contributed by atoms with E-state index in [-0.39, 0.29) is 29.8 Å². The lowest BCUT2D eigenvalue weighted by atomic mass is 9.71. The zero-order valence-electron chi connectivity index (χ0n) is 22.1. The van der Waals surface area contributed by atoms with E-state index in [1.54, 1.807) is 19.9 Å². The van der Waals surface area contributed by atoms with Gasteiger partial charge in [-0.25, -0.2) is 4.98 Å². The fourth-order valence-corrected chi connectivity index (χ4v) is 5.90. The fourth-order valence-electron chi connectivity index (χ4n) is 5.09. The average molecular weight is 542 g/mol. The molecule has 36 heavy (non-hydrogen) atoms. The van der Waals surface area contributed by atoms with E-state index in [0.29, 0.717) is 23.6 Å². The predicted molar refractivity (Wildman–Crippen MR) is 141 cm³/mol. The molecule has 2 aliphatic heterocycles. The van der Waals surface area contributed by atoms with Gasteiger partial charge in [0.25, 0.3) is 0 Å². The number of nitrogens with zero attached hydrogens (tertiary/aromatic N) is 1. The van der Waals surface area contributed by atoms with Crippen LogP contribution < -0.4 is 0 Å². The van der Waals surface area contributed by atoms with Gasteiger partial charge < -0.3 is 19.7 Å². The largest absolute Gasteiger partial charge is 0.456 e. The second-order valence-corrected chi connectivity index (χ2v) is 12.6. The molecule has 202 valence electrons. The third-order valence-corrected chi connectivity index (χ3v) is 9.04. The number of ether oxygens (including phenoxy) is 2. The number of thiazole rings is 1. The van der Waals surface area contributed by atoms with Crippen LogP contribution in [0.25, 0.3) is 6.08 Å². The molecule has 2 N–H and O–H groups in total. The highest BCUT2D eigenvalue weighted by atomic mass is 35.5. The number of epoxide rings is 1. The van der Waals surface area contributed by atoms with Crippen LogP contribution in [0.3, 0.4) is 0 Å². The molecule has 9 heteroatoms. The number of hydrogen-bond acceptors (Lipinski definition) is 8. The monoisotopic (exact) mass is 541 g/mol. The molecule has 0 spiro atoms. The van der Waals surface area contributed by atoms with E-state index in [9.17, 15) is 19.8 Å². The van der Waals surface area contributed by atoms with Crippen LogP contribution in [-0.4, -0.2) is 57.0 Å². The van der Waals surface area contributed by atoms with Crippen LogP contribution in [0.4, 0.5) is 0 Å². The number of carbonyl (C=O) groups is 2. The summed E-state index contributed by atoms with van der Waals surface area (Å²) >= 11 is 8.14. The van der Waals surface area contributed by atoms with Crippen LogP contribution in [0.5, 0.6) is 0 Å². The number of cyclic esters (lactones) is 1. The van der Waals surface area contributed by atoms with Crippen LogP contribution in [0.1, 0.15) is 83.8 Å². The molecule has 0 radical (unpaired) electrons. The van der Waals surface area contributed by atoms with Crippen molar-refractivity contribution >= 4 is 40.8 Å². The minimum atomic E-state index is -1.27. The van der Waals surface area contributed by atoms with Gasteiger partial charge in [-0.2, -0.15) is 0 Å². The molecule has 7 nitrogen and oxygen atoms in total. The van der Waals surface area contributed by atoms with Gasteiger partial charge in [0.05, 0.1) is 51.5 Å². The summed E-state index contributed by atoms with van der Waals surface area (Å²) in [5, 5.41) is 25.0. The van der Waals surface area contributed by atoms with Crippen molar-refractivity contribution < 1.29 is 29.3 Å². The molecule has 0 aliphatic carbocycles. The Balaban J connectivity index is 1.87. The zero-order chi connectivity index (χ0) is 26.8. The van der Waals surface area contributed by atoms with Crippen molar-refractivity contribution in [3.05, 3.63) is 21.1 Å². The lowest BCUT2D eigenvalue weighted by molar-refractivity contribution is -0.154. The van der Waals surface area contributed by atoms with E-state index in [1.807, 2.05) is 33.1 Å². The smallest absolute Gasteiger partial charge is 0.309 e. The Bertz CT molecular complexity index is 977. The molecule has 2 saturated heterocycles. The van der Waals surface area contributed by atoms with E-state index in [0.717, 1.165) is 24.3 Å². The second-order valence-electron chi connectivity index (χ2n) is 11.1. The summed E-state index contributed by atoms with van der Waals surface area (Å²) in [4.78, 5) is 30.8. The third-order valence-electron chi connectivity index (χ3n) is 7.90. The lowest BCUT2D eigenvalue weighted by Gasteiger charge is -2.35. The van der Waals surface area contributed by atoms with Gasteiger partial charge in [0.2, 0.25) is 0 Å². The minimum Gasteiger partial charge on any atom is -0.456 e. The average Bonchev–Trinajstić information content (AvgIpc) is 3.24. The molecule has 0 aromatic carbocycles. The number of hydrogen-bond donors (Lipinski definition) is 2. The van der Waals surface area contributed by atoms with Gasteiger partial charge in [-0.05, 0) is 45.1 Å². The van der Waals surface area contributed by atoms with E-state index in [2.05, 4.69) is 4.98 Å². The van der Waals surface area contributed by atoms with Gasteiger partial charge >= 0.3 is 5.97 Å². The Hall–Kier alpha value is -1.32. The Morgan fingerprint density at radius 1 is 1.31 bits per heavy atom. The van der Waals surface area contributed by atoms with Crippen LogP contribution in [0.2, 0.25) is 0 Å². The quantitative estimate of drug-likeness (QED) is 0.407. The van der Waals surface area contributed by atoms with Crippen molar-refractivity contribution in [2.45, 2.75) is 110 Å². The van der Waals surface area contributed by atoms with Crippen LogP contribution in [0.15, 0.2) is 10.4 Å². The first kappa shape index (κ1) is 29.2. The molecular weight excluding hydrogens is 502 g/mol. The van der Waals surface area contributed by atoms with E-state index in [1.165, 1.54) is 11.3 Å². The van der Waals surface area contributed by atoms with Gasteiger partial charge in [0.1, 0.15) is 11.9 Å². The molecule has 0 saturated carbocycles. The highest BCUT2D eigenvalue weighted by molar-refractivity contribution is 7.09. The number of esters is 1. The molecular formula is C27H40ClNO6S. The summed E-state index contributed by atoms with van der Waals surface area (Å²) in [5.74, 6) is -1.61. The van der Waals surface area contributed by atoms with E-state index in [4.69, 9.17) is 21.1 Å². The molecule has 0 bridgehead atoms. The summed E-state index contributed by atoms with van der Waals surface area (Å²) in [6, 6.07) is 0. The van der Waals surface area contributed by atoms with E-state index < -0.39 is 35.6 Å². The van der Waals surface area contributed by atoms with Crippen molar-refractivity contribution in [3.63, 3.8) is 0 Å². The highest BCUT2D eigenvalue weighted by Crippen LogP contribution is 2.45. The number of Topliss-reactive ketones (excluding diaryl/α,β-unsaturated/α-hetero) is 1. The maximum absolute atomic E-state index is 13.4. The number of halogens is 1. The second kappa shape index (κ2) is 11.6. The summed E-state index contributed by atoms with van der Waals surface area (Å²) in [6.07, 6.45) is 1.56. The standard InChI is InChI=1S/C27H40ClNO6S/c1-7-18-24(32)15(2)9-8-10-27(6)22(35-27)12-20(19(28)11-17-14-36-16(3)29-17)34-23(31)13-21(30)26(4,5)25(18)33/h11,14-15,18,20-22,24,30,32H,7-10,12-13H2,1-6H3/t15-,18+,20-,21-,22+,24-,27-/m0/s1. The number of aliphatic hydroxyl groups is 2. The molecule has 0 unspecified atom stereocenters. The van der Waals surface area contributed by atoms with E-state index >= 15 is 0 Å². The molecule has 7 atom stereocenters. The number of aryl methyl sites for hydroxylation is 1. The van der Waals surface area contributed by atoms with Crippen molar-refractivity contribution in [1.82, 2.24) is 4.98 Å². The topological polar surface area (TPSA) is 109 Å². The van der Waals surface area contributed by atoms with Crippen LogP contribution in [0, 0.1) is 24.2 Å². The Morgan fingerprint density at radius 2 is 2.00 bits per heavy atom. The maximum Gasteiger partial charge on any atom is 0.309 e. The first-order valence-corrected chi connectivity index (χ1v) is 14.1. The van der Waals surface area contributed by atoms with Gasteiger partial charge in [0.15, 0.2) is 0 Å². The lowest BCUT2D eigenvalue weighted by Crippen LogP contribution is -2.46. The minimum absolute atomic E-state index is 0.0859. The molecule has 2 aliphatic rings. The van der Waals surface area contributed by atoms with Gasteiger partial charge in [-0.15, -0.1) is 11.3 Å². The Morgan fingerprint density at radius 3 is 2.61 bits per heavy atom. The molecule has 0 amide bonds. The summed E-state index contributed by atoms with van der Waals surface area (Å²) in [7, 11) is 0. The van der Waals surface area contributed by atoms with Gasteiger partial charge in [-0.3, -0.25) is 9.59 Å². The molecule has 1 aromatic heterocycles. The van der Waals surface area contributed by atoms with Gasteiger partial charge in [-0.1, -0.05) is 45.7 Å². The van der Waals surface area contributed by atoms with Gasteiger partial charge in [0, 0.05) is 17.7 Å². The number of fused-ring (bicyclic) bond motifs is 1. The number of aromatic nitrogens is 1. The molecule has 1 aromatic rings.